The predicted molar refractivity (Wildman–Crippen MR) is 135 cm³/mol. The number of hydrogen-bond acceptors (Lipinski definition) is 3. The van der Waals surface area contributed by atoms with Crippen LogP contribution in [0, 0.1) is 17.0 Å². The number of halogens is 4. The molecule has 0 bridgehead atoms. The van der Waals surface area contributed by atoms with E-state index in [4.69, 9.17) is 4.74 Å². The van der Waals surface area contributed by atoms with Crippen LogP contribution in [0.3, 0.4) is 0 Å². The van der Waals surface area contributed by atoms with Crippen LogP contribution in [0.5, 0.6) is 5.75 Å². The molecule has 2 aliphatic heterocycles. The number of aromatic amines is 1. The van der Waals surface area contributed by atoms with Crippen LogP contribution in [-0.2, 0) is 6.42 Å². The van der Waals surface area contributed by atoms with Crippen molar-refractivity contribution < 1.29 is 22.3 Å². The Morgan fingerprint density at radius 1 is 1.08 bits per heavy atom. The normalized spacial score (nSPS) is 23.7. The Balaban J connectivity index is 1.34. The van der Waals surface area contributed by atoms with Gasteiger partial charge in [0, 0.05) is 71.9 Å². The first-order chi connectivity index (χ1) is 17.9. The number of ether oxygens (including phenoxy) is 1. The minimum atomic E-state index is -0.691. The van der Waals surface area contributed by atoms with Crippen LogP contribution in [0.15, 0.2) is 36.4 Å². The van der Waals surface area contributed by atoms with Crippen LogP contribution in [0.2, 0.25) is 0 Å². The van der Waals surface area contributed by atoms with Gasteiger partial charge < -0.3 is 9.72 Å². The zero-order chi connectivity index (χ0) is 25.7. The van der Waals surface area contributed by atoms with Crippen LogP contribution < -0.4 is 4.74 Å². The van der Waals surface area contributed by atoms with Gasteiger partial charge in [-0.15, -0.1) is 0 Å². The third kappa shape index (κ3) is 4.52. The molecule has 0 unspecified atom stereocenters. The van der Waals surface area contributed by atoms with Gasteiger partial charge in [-0.3, -0.25) is 18.6 Å². The molecule has 1 saturated carbocycles. The summed E-state index contributed by atoms with van der Waals surface area (Å²) in [6, 6.07) is 9.75. The highest BCUT2D eigenvalue weighted by Gasteiger charge is 2.48. The van der Waals surface area contributed by atoms with E-state index in [1.165, 1.54) is 12.1 Å². The Morgan fingerprint density at radius 2 is 1.81 bits per heavy atom. The molecule has 4 nitrogen and oxygen atoms in total. The molecule has 1 aliphatic carbocycles. The third-order valence-corrected chi connectivity index (χ3v) is 8.44. The minimum absolute atomic E-state index is 0.0132. The van der Waals surface area contributed by atoms with Crippen LogP contribution in [-0.4, -0.2) is 66.5 Å². The van der Waals surface area contributed by atoms with Crippen molar-refractivity contribution in [1.29, 1.82) is 0 Å². The van der Waals surface area contributed by atoms with E-state index >= 15 is 8.78 Å². The molecule has 198 valence electrons. The summed E-state index contributed by atoms with van der Waals surface area (Å²) in [5.74, 6) is -1.17. The summed E-state index contributed by atoms with van der Waals surface area (Å²) in [6.07, 6.45) is 2.61. The largest absolute Gasteiger partial charge is 0.488 e. The zero-order valence-corrected chi connectivity index (χ0v) is 21.1. The molecule has 1 N–H and O–H groups in total. The number of H-pyrrole nitrogens is 1. The van der Waals surface area contributed by atoms with Crippen molar-refractivity contribution in [1.82, 2.24) is 14.8 Å². The average molecular weight is 516 g/mol. The van der Waals surface area contributed by atoms with Gasteiger partial charge in [-0.2, -0.15) is 0 Å². The number of alkyl halides is 2. The second-order valence-corrected chi connectivity index (χ2v) is 11.2. The summed E-state index contributed by atoms with van der Waals surface area (Å²) in [6.45, 7) is 3.61. The topological polar surface area (TPSA) is 31.5 Å². The predicted octanol–water partition coefficient (Wildman–Crippen LogP) is 5.95. The van der Waals surface area contributed by atoms with Crippen molar-refractivity contribution in [2.24, 2.45) is 5.41 Å². The second-order valence-electron chi connectivity index (χ2n) is 11.2. The molecule has 3 aliphatic rings. The quantitative estimate of drug-likeness (QED) is 0.357. The standard InChI is InChI=1S/C29H33F4N3O/c1-18-11-22-21-5-2-3-6-25(21)34-27(22)28(36(18)17-29(16-31)7-8-29)26-23(32)12-19(13-24(26)33)37-20-14-35(15-20)10-4-9-30/h2-3,5-6,12-13,18,20,28,34H,4,7-11,14-17H2,1H3/t18-,28-/m1/s1. The van der Waals surface area contributed by atoms with Gasteiger partial charge in [0.15, 0.2) is 0 Å². The maximum atomic E-state index is 15.8. The molecule has 2 atom stereocenters. The maximum Gasteiger partial charge on any atom is 0.135 e. The first-order valence-electron chi connectivity index (χ1n) is 13.3. The lowest BCUT2D eigenvalue weighted by molar-refractivity contribution is 0.0180. The fourth-order valence-electron chi connectivity index (χ4n) is 6.11. The molecule has 37 heavy (non-hydrogen) atoms. The molecule has 2 aromatic carbocycles. The number of para-hydroxylation sites is 1. The monoisotopic (exact) mass is 515 g/mol. The highest BCUT2D eigenvalue weighted by molar-refractivity contribution is 5.85. The molecule has 6 rings (SSSR count). The SMILES string of the molecule is C[C@@H]1Cc2c([nH]c3ccccc23)[C@@H](c2c(F)cc(OC3CN(CCCF)C3)cc2F)N1CC1(CF)CC1. The lowest BCUT2D eigenvalue weighted by atomic mass is 9.87. The molecular formula is C29H33F4N3O. The van der Waals surface area contributed by atoms with Crippen molar-refractivity contribution in [3.63, 3.8) is 0 Å². The Kier molecular flexibility index (Phi) is 6.43. The molecule has 0 amide bonds. The van der Waals surface area contributed by atoms with E-state index in [0.29, 0.717) is 32.6 Å². The number of benzene rings is 2. The van der Waals surface area contributed by atoms with Crippen LogP contribution in [0.4, 0.5) is 17.6 Å². The fraction of sp³-hybridized carbons (Fsp3) is 0.517. The zero-order valence-electron chi connectivity index (χ0n) is 21.1. The van der Waals surface area contributed by atoms with Gasteiger partial charge in [-0.25, -0.2) is 8.78 Å². The van der Waals surface area contributed by atoms with Crippen molar-refractivity contribution in [3.05, 3.63) is 64.9 Å². The van der Waals surface area contributed by atoms with Crippen molar-refractivity contribution in [3.8, 4) is 5.75 Å². The highest BCUT2D eigenvalue weighted by atomic mass is 19.1. The molecule has 0 radical (unpaired) electrons. The Morgan fingerprint density at radius 3 is 2.49 bits per heavy atom. The van der Waals surface area contributed by atoms with Crippen LogP contribution >= 0.6 is 0 Å². The lowest BCUT2D eigenvalue weighted by Gasteiger charge is -2.43. The first-order valence-corrected chi connectivity index (χ1v) is 13.3. The van der Waals surface area contributed by atoms with Crippen LogP contribution in [0.1, 0.15) is 49.0 Å². The highest BCUT2D eigenvalue weighted by Crippen LogP contribution is 2.51. The lowest BCUT2D eigenvalue weighted by Crippen LogP contribution is -2.53. The van der Waals surface area contributed by atoms with Gasteiger partial charge in [0.1, 0.15) is 23.5 Å². The summed E-state index contributed by atoms with van der Waals surface area (Å²) in [5.41, 5.74) is 2.32. The molecule has 8 heteroatoms. The maximum absolute atomic E-state index is 15.8. The van der Waals surface area contributed by atoms with E-state index in [-0.39, 0.29) is 30.1 Å². The summed E-state index contributed by atoms with van der Waals surface area (Å²) in [4.78, 5) is 7.59. The number of nitrogens with one attached hydrogen (secondary N) is 1. The van der Waals surface area contributed by atoms with E-state index < -0.39 is 29.8 Å². The number of nitrogens with zero attached hydrogens (tertiary/aromatic N) is 2. The number of rotatable bonds is 9. The third-order valence-electron chi connectivity index (χ3n) is 8.44. The van der Waals surface area contributed by atoms with Gasteiger partial charge in [-0.1, -0.05) is 18.2 Å². The summed E-state index contributed by atoms with van der Waals surface area (Å²) in [5, 5.41) is 1.06. The van der Waals surface area contributed by atoms with E-state index in [1.807, 2.05) is 24.3 Å². The first kappa shape index (κ1) is 24.7. The van der Waals surface area contributed by atoms with E-state index in [9.17, 15) is 8.78 Å². The summed E-state index contributed by atoms with van der Waals surface area (Å²) in [7, 11) is 0. The molecule has 1 aromatic heterocycles. The summed E-state index contributed by atoms with van der Waals surface area (Å²) < 4.78 is 63.8. The van der Waals surface area contributed by atoms with Crippen LogP contribution in [0.25, 0.3) is 10.9 Å². The molecular weight excluding hydrogens is 482 g/mol. The summed E-state index contributed by atoms with van der Waals surface area (Å²) >= 11 is 0. The van der Waals surface area contributed by atoms with Crippen molar-refractivity contribution in [2.75, 3.05) is 39.5 Å². The van der Waals surface area contributed by atoms with E-state index in [2.05, 4.69) is 21.7 Å². The molecule has 3 heterocycles. The second kappa shape index (κ2) is 9.62. The van der Waals surface area contributed by atoms with E-state index in [1.54, 1.807) is 0 Å². The van der Waals surface area contributed by atoms with Gasteiger partial charge in [0.05, 0.1) is 19.4 Å². The average Bonchev–Trinajstić information content (AvgIpc) is 3.54. The van der Waals surface area contributed by atoms with Crippen molar-refractivity contribution >= 4 is 10.9 Å². The Bertz CT molecular complexity index is 1260. The van der Waals surface area contributed by atoms with Gasteiger partial charge in [0.25, 0.3) is 0 Å². The smallest absolute Gasteiger partial charge is 0.135 e. The van der Waals surface area contributed by atoms with E-state index in [0.717, 1.165) is 41.4 Å². The van der Waals surface area contributed by atoms with Gasteiger partial charge in [0.2, 0.25) is 0 Å². The fourth-order valence-corrected chi connectivity index (χ4v) is 6.11. The minimum Gasteiger partial charge on any atom is -0.488 e. The Hall–Kier alpha value is -2.58. The molecule has 1 saturated heterocycles. The number of fused-ring (bicyclic) bond motifs is 3. The Labute approximate surface area is 214 Å². The molecule has 3 aromatic rings. The van der Waals surface area contributed by atoms with Crippen molar-refractivity contribution in [2.45, 2.75) is 50.8 Å². The molecule has 0 spiro atoms. The number of hydrogen-bond donors (Lipinski definition) is 1. The van der Waals surface area contributed by atoms with Gasteiger partial charge in [-0.05, 0) is 44.2 Å². The molecule has 2 fully saturated rings. The number of aromatic nitrogens is 1. The van der Waals surface area contributed by atoms with Gasteiger partial charge >= 0.3 is 0 Å². The number of likely N-dealkylation sites (tertiary alicyclic amines) is 1.